The van der Waals surface area contributed by atoms with Gasteiger partial charge in [0.15, 0.2) is 0 Å². The van der Waals surface area contributed by atoms with E-state index < -0.39 is 0 Å². The maximum atomic E-state index is 2.51. The molecule has 17 rings (SSSR count). The molecule has 4 nitrogen and oxygen atoms in total. The zero-order valence-corrected chi connectivity index (χ0v) is 48.1. The topological polar surface area (TPSA) is 16.3 Å². The number of hydrogen-bond acceptors (Lipinski definition) is 2. The molecule has 0 aliphatic carbocycles. The Balaban J connectivity index is 0.949. The van der Waals surface area contributed by atoms with Crippen LogP contribution in [0.1, 0.15) is 26.3 Å². The molecule has 15 aromatic carbocycles. The Bertz CT molecular complexity index is 5100. The quantitative estimate of drug-likeness (QED) is 0.141. The van der Waals surface area contributed by atoms with Crippen molar-refractivity contribution in [1.82, 2.24) is 9.13 Å². The number of para-hydroxylation sites is 4. The van der Waals surface area contributed by atoms with E-state index >= 15 is 0 Å². The van der Waals surface area contributed by atoms with E-state index in [9.17, 15) is 0 Å². The van der Waals surface area contributed by atoms with Crippen LogP contribution >= 0.6 is 0 Å². The molecule has 0 spiro atoms. The number of fused-ring (bicyclic) bond motifs is 18. The molecule has 0 unspecified atom stereocenters. The molecule has 0 N–H and O–H groups in total. The summed E-state index contributed by atoms with van der Waals surface area (Å²) in [6.45, 7) is 7.03. The molecular formula is C82H58N4. The molecule has 0 bridgehead atoms. The van der Waals surface area contributed by atoms with Gasteiger partial charge in [-0.2, -0.15) is 0 Å². The lowest BCUT2D eigenvalue weighted by Gasteiger charge is -2.33. The van der Waals surface area contributed by atoms with Gasteiger partial charge in [0.2, 0.25) is 0 Å². The zero-order chi connectivity index (χ0) is 57.2. The highest BCUT2D eigenvalue weighted by molar-refractivity contribution is 6.27. The van der Waals surface area contributed by atoms with Gasteiger partial charge in [-0.3, -0.25) is 0 Å². The molecule has 0 saturated heterocycles. The molecule has 406 valence electrons. The first-order chi connectivity index (χ1) is 42.3. The van der Waals surface area contributed by atoms with Crippen LogP contribution in [0.25, 0.3) is 120 Å². The van der Waals surface area contributed by atoms with Crippen LogP contribution in [0, 0.1) is 0 Å². The second-order valence-electron chi connectivity index (χ2n) is 24.1. The molecule has 2 aromatic heterocycles. The van der Waals surface area contributed by atoms with Gasteiger partial charge in [-0.15, -0.1) is 0 Å². The fraction of sp³-hybridized carbons (Fsp3) is 0.0488. The van der Waals surface area contributed by atoms with Gasteiger partial charge in [0.1, 0.15) is 0 Å². The molecule has 4 heteroatoms. The Hall–Kier alpha value is -10.9. The highest BCUT2D eigenvalue weighted by Crippen LogP contribution is 2.48. The Kier molecular flexibility index (Phi) is 11.2. The minimum Gasteiger partial charge on any atom is -0.310 e. The van der Waals surface area contributed by atoms with E-state index in [1.807, 2.05) is 0 Å². The predicted octanol–water partition coefficient (Wildman–Crippen LogP) is 23.0. The lowest BCUT2D eigenvalue weighted by Crippen LogP contribution is -2.18. The molecule has 2 heterocycles. The van der Waals surface area contributed by atoms with E-state index in [1.54, 1.807) is 0 Å². The number of hydrogen-bond donors (Lipinski definition) is 0. The van der Waals surface area contributed by atoms with Crippen LogP contribution in [-0.4, -0.2) is 9.13 Å². The summed E-state index contributed by atoms with van der Waals surface area (Å²) in [6, 6.07) is 111. The van der Waals surface area contributed by atoms with Crippen LogP contribution in [0.5, 0.6) is 0 Å². The summed E-state index contributed by atoms with van der Waals surface area (Å²) in [5.41, 5.74) is 14.2. The summed E-state index contributed by atoms with van der Waals surface area (Å²) >= 11 is 0. The van der Waals surface area contributed by atoms with Crippen molar-refractivity contribution in [3.63, 3.8) is 0 Å². The Morgan fingerprint density at radius 3 is 0.791 bits per heavy atom. The van der Waals surface area contributed by atoms with Crippen molar-refractivity contribution in [2.24, 2.45) is 0 Å². The largest absolute Gasteiger partial charge is 0.310 e. The van der Waals surface area contributed by atoms with Crippen molar-refractivity contribution >= 4 is 142 Å². The summed E-state index contributed by atoms with van der Waals surface area (Å²) in [4.78, 5) is 5.01. The third kappa shape index (κ3) is 7.76. The monoisotopic (exact) mass is 1100 g/mol. The molecule has 86 heavy (non-hydrogen) atoms. The SMILES string of the molecule is CC(C)(C)c1cc(N(c2cccc(-n3c4ccccc4c4ccccc43)c2)c2ccc3c4ccccc4c4ccccc4c3c2)cc(N(c2cccc(-n3c4ccccc4c4ccccc43)c2)c2ccc3c4ccccc4c4ccccc4c3c2)c1. The van der Waals surface area contributed by atoms with Gasteiger partial charge >= 0.3 is 0 Å². The average Bonchev–Trinajstić information content (AvgIpc) is 1.35. The second-order valence-corrected chi connectivity index (χ2v) is 24.1. The van der Waals surface area contributed by atoms with Crippen molar-refractivity contribution in [1.29, 1.82) is 0 Å². The molecule has 0 fully saturated rings. The van der Waals surface area contributed by atoms with Crippen LogP contribution < -0.4 is 9.80 Å². The third-order valence-electron chi connectivity index (χ3n) is 18.1. The van der Waals surface area contributed by atoms with Gasteiger partial charge in [0, 0.05) is 67.0 Å². The van der Waals surface area contributed by atoms with E-state index in [0.29, 0.717) is 0 Å². The highest BCUT2D eigenvalue weighted by atomic mass is 15.2. The molecule has 0 saturated carbocycles. The standard InChI is InChI=1S/C82H58N4/c1-82(2,3)53-46-60(83(58-42-44-70-66-30-6-4-26-62(66)64-28-8-10-32-68(64)76(70)51-58)54-22-20-24-56(48-54)85-78-38-16-12-34-72(78)73-35-13-17-39-79(73)85)50-61(47-53)84(59-43-45-71-67-31-7-5-27-63(67)65-29-9-11-33-69(65)77(71)52-59)55-23-21-25-57(49-55)86-80-40-18-14-36-74(80)75-37-15-19-41-81(75)86/h4-52H,1-3H3. The summed E-state index contributed by atoms with van der Waals surface area (Å²) in [6.07, 6.45) is 0. The third-order valence-corrected chi connectivity index (χ3v) is 18.1. The summed E-state index contributed by atoms with van der Waals surface area (Å²) in [7, 11) is 0. The minimum absolute atomic E-state index is 0.255. The summed E-state index contributed by atoms with van der Waals surface area (Å²) in [5.74, 6) is 0. The van der Waals surface area contributed by atoms with E-state index in [2.05, 4.69) is 337 Å². The molecule has 0 atom stereocenters. The molecule has 0 aliphatic rings. The predicted molar refractivity (Wildman–Crippen MR) is 368 cm³/mol. The van der Waals surface area contributed by atoms with Crippen LogP contribution in [0.3, 0.4) is 0 Å². The van der Waals surface area contributed by atoms with Gasteiger partial charge in [-0.1, -0.05) is 215 Å². The highest BCUT2D eigenvalue weighted by Gasteiger charge is 2.26. The molecule has 0 aliphatic heterocycles. The fourth-order valence-corrected chi connectivity index (χ4v) is 14.2. The number of nitrogens with zero attached hydrogens (tertiary/aromatic N) is 4. The van der Waals surface area contributed by atoms with E-state index in [-0.39, 0.29) is 5.41 Å². The van der Waals surface area contributed by atoms with Gasteiger partial charge in [0.05, 0.1) is 22.1 Å². The van der Waals surface area contributed by atoms with Gasteiger partial charge < -0.3 is 18.9 Å². The molecule has 17 aromatic rings. The Morgan fingerprint density at radius 2 is 0.477 bits per heavy atom. The maximum Gasteiger partial charge on any atom is 0.0541 e. The first-order valence-electron chi connectivity index (χ1n) is 29.9. The van der Waals surface area contributed by atoms with Crippen LogP contribution in [0.15, 0.2) is 297 Å². The molecule has 0 radical (unpaired) electrons. The van der Waals surface area contributed by atoms with E-state index in [1.165, 1.54) is 114 Å². The van der Waals surface area contributed by atoms with Gasteiger partial charge in [-0.25, -0.2) is 0 Å². The smallest absolute Gasteiger partial charge is 0.0541 e. The first kappa shape index (κ1) is 49.7. The number of benzene rings is 15. The van der Waals surface area contributed by atoms with Crippen molar-refractivity contribution in [2.75, 3.05) is 9.80 Å². The van der Waals surface area contributed by atoms with Crippen molar-refractivity contribution in [3.8, 4) is 11.4 Å². The minimum atomic E-state index is -0.255. The van der Waals surface area contributed by atoms with E-state index in [4.69, 9.17) is 0 Å². The van der Waals surface area contributed by atoms with Crippen LogP contribution in [0.4, 0.5) is 34.1 Å². The normalized spacial score (nSPS) is 12.1. The number of anilines is 6. The summed E-state index contributed by atoms with van der Waals surface area (Å²) in [5, 5.41) is 19.8. The lowest BCUT2D eigenvalue weighted by molar-refractivity contribution is 0.590. The average molecular weight is 1100 g/mol. The fourth-order valence-electron chi connectivity index (χ4n) is 14.2. The Labute approximate surface area is 498 Å². The van der Waals surface area contributed by atoms with Gasteiger partial charge in [-0.05, 0) is 179 Å². The summed E-state index contributed by atoms with van der Waals surface area (Å²) < 4.78 is 4.86. The Morgan fingerprint density at radius 1 is 0.209 bits per heavy atom. The molecular weight excluding hydrogens is 1040 g/mol. The van der Waals surface area contributed by atoms with Crippen molar-refractivity contribution in [2.45, 2.75) is 26.2 Å². The van der Waals surface area contributed by atoms with Gasteiger partial charge in [0.25, 0.3) is 0 Å². The number of aromatic nitrogens is 2. The van der Waals surface area contributed by atoms with Crippen molar-refractivity contribution < 1.29 is 0 Å². The number of rotatable bonds is 8. The van der Waals surface area contributed by atoms with Crippen LogP contribution in [-0.2, 0) is 5.41 Å². The van der Waals surface area contributed by atoms with E-state index in [0.717, 1.165) is 45.5 Å². The van der Waals surface area contributed by atoms with Crippen molar-refractivity contribution in [3.05, 3.63) is 303 Å². The molecule has 0 amide bonds. The first-order valence-corrected chi connectivity index (χ1v) is 29.9. The second kappa shape index (κ2) is 19.3. The maximum absolute atomic E-state index is 2.51. The van der Waals surface area contributed by atoms with Crippen LogP contribution in [0.2, 0.25) is 0 Å². The zero-order valence-electron chi connectivity index (χ0n) is 48.1. The lowest BCUT2D eigenvalue weighted by atomic mass is 9.86.